The zero-order valence-corrected chi connectivity index (χ0v) is 22.4. The summed E-state index contributed by atoms with van der Waals surface area (Å²) < 4.78 is 2.06. The molecule has 3 heterocycles. The van der Waals surface area contributed by atoms with Crippen LogP contribution in [0.3, 0.4) is 0 Å². The Morgan fingerprint density at radius 3 is 2.46 bits per heavy atom. The Kier molecular flexibility index (Phi) is 7.01. The summed E-state index contributed by atoms with van der Waals surface area (Å²) in [4.78, 5) is 35.1. The van der Waals surface area contributed by atoms with Gasteiger partial charge in [0.15, 0.2) is 0 Å². The predicted octanol–water partition coefficient (Wildman–Crippen LogP) is 6.41. The molecule has 2 aromatic carbocycles. The number of anilines is 1. The van der Waals surface area contributed by atoms with E-state index in [0.717, 1.165) is 22.5 Å². The van der Waals surface area contributed by atoms with Crippen LogP contribution in [0.4, 0.5) is 5.69 Å². The highest BCUT2D eigenvalue weighted by Gasteiger charge is 2.28. The van der Waals surface area contributed by atoms with Crippen LogP contribution in [-0.2, 0) is 19.6 Å². The molecule has 6 rings (SSSR count). The summed E-state index contributed by atoms with van der Waals surface area (Å²) >= 11 is 0. The number of aromatic nitrogens is 2. The summed E-state index contributed by atoms with van der Waals surface area (Å²) in [6.45, 7) is 1.41. The molecule has 4 aromatic rings. The van der Waals surface area contributed by atoms with Gasteiger partial charge < -0.3 is 14.4 Å². The first kappa shape index (κ1) is 25.1. The van der Waals surface area contributed by atoms with Crippen molar-refractivity contribution in [2.24, 2.45) is 0 Å². The molecule has 0 atom stereocenters. The van der Waals surface area contributed by atoms with Crippen LogP contribution in [0, 0.1) is 0 Å². The van der Waals surface area contributed by atoms with E-state index in [-0.39, 0.29) is 11.8 Å². The lowest BCUT2D eigenvalue weighted by Crippen LogP contribution is -2.31. The van der Waals surface area contributed by atoms with Gasteiger partial charge in [0.25, 0.3) is 11.8 Å². The van der Waals surface area contributed by atoms with Crippen molar-refractivity contribution in [2.75, 3.05) is 11.9 Å². The molecule has 1 aliphatic heterocycles. The first-order valence-electron chi connectivity index (χ1n) is 13.9. The van der Waals surface area contributed by atoms with Crippen molar-refractivity contribution in [3.8, 4) is 0 Å². The first-order valence-corrected chi connectivity index (χ1v) is 13.9. The molecular weight excluding hydrogens is 484 g/mol. The van der Waals surface area contributed by atoms with E-state index in [2.05, 4.69) is 21.7 Å². The molecule has 1 fully saturated rings. The monoisotopic (exact) mass is 518 g/mol. The van der Waals surface area contributed by atoms with Crippen LogP contribution in [-0.4, -0.2) is 33.3 Å². The molecule has 1 saturated carbocycles. The Labute approximate surface area is 229 Å². The Balaban J connectivity index is 1.27. The van der Waals surface area contributed by atoms with Crippen LogP contribution in [0.25, 0.3) is 0 Å². The van der Waals surface area contributed by atoms with Gasteiger partial charge in [-0.2, -0.15) is 0 Å². The van der Waals surface area contributed by atoms with Gasteiger partial charge in [0.1, 0.15) is 5.69 Å². The Morgan fingerprint density at radius 1 is 0.897 bits per heavy atom. The lowest BCUT2D eigenvalue weighted by Gasteiger charge is -2.24. The number of carbonyl (C=O) groups excluding carboxylic acids is 2. The second kappa shape index (κ2) is 10.9. The quantitative estimate of drug-likeness (QED) is 0.307. The van der Waals surface area contributed by atoms with Crippen molar-refractivity contribution in [3.63, 3.8) is 0 Å². The summed E-state index contributed by atoms with van der Waals surface area (Å²) in [5.41, 5.74) is 6.49. The minimum absolute atomic E-state index is 0.0196. The number of para-hydroxylation sites is 1. The number of fused-ring (bicyclic) bond motifs is 2. The van der Waals surface area contributed by atoms with Gasteiger partial charge in [0.2, 0.25) is 0 Å². The molecule has 1 aliphatic carbocycles. The molecule has 6 nitrogen and oxygen atoms in total. The van der Waals surface area contributed by atoms with Crippen LogP contribution in [0.15, 0.2) is 85.2 Å². The van der Waals surface area contributed by atoms with E-state index in [1.54, 1.807) is 17.3 Å². The highest BCUT2D eigenvalue weighted by Crippen LogP contribution is 2.34. The van der Waals surface area contributed by atoms with E-state index in [1.165, 1.54) is 37.7 Å². The zero-order valence-electron chi connectivity index (χ0n) is 22.4. The number of benzene rings is 2. The average molecular weight is 519 g/mol. The highest BCUT2D eigenvalue weighted by molar-refractivity contribution is 6.06. The van der Waals surface area contributed by atoms with Crippen molar-refractivity contribution in [3.05, 3.63) is 119 Å². The second-order valence-corrected chi connectivity index (χ2v) is 10.8. The predicted molar refractivity (Wildman–Crippen MR) is 153 cm³/mol. The van der Waals surface area contributed by atoms with E-state index in [0.29, 0.717) is 36.8 Å². The molecule has 0 bridgehead atoms. The van der Waals surface area contributed by atoms with E-state index in [1.807, 2.05) is 72.6 Å². The highest BCUT2D eigenvalue weighted by atomic mass is 16.2. The SMILES string of the molecule is CN(Cc1cccnc1)C(=O)c1ccc2n1Cc1ccccc1N(C(=O)c1ccc(C3CCCCC3)cc1)C2. The largest absolute Gasteiger partial charge is 0.336 e. The molecule has 198 valence electrons. The molecule has 2 amide bonds. The number of hydrogen-bond donors (Lipinski definition) is 0. The van der Waals surface area contributed by atoms with Crippen molar-refractivity contribution in [1.29, 1.82) is 0 Å². The third-order valence-electron chi connectivity index (χ3n) is 8.19. The first-order chi connectivity index (χ1) is 19.1. The average Bonchev–Trinajstić information content (AvgIpc) is 3.30. The minimum atomic E-state index is -0.0549. The standard InChI is InChI=1S/C33H34N4O2/c1-35(21-24-8-7-19-34-20-24)33(39)31-18-17-29-23-37(30-12-6-5-11-28(30)22-36(29)31)32(38)27-15-13-26(14-16-27)25-9-3-2-4-10-25/h5-8,11-20,25H,2-4,9-10,21-23H2,1H3. The van der Waals surface area contributed by atoms with E-state index in [9.17, 15) is 9.59 Å². The molecule has 0 unspecified atom stereocenters. The fourth-order valence-corrected chi connectivity index (χ4v) is 6.05. The molecule has 39 heavy (non-hydrogen) atoms. The van der Waals surface area contributed by atoms with Crippen LogP contribution in [0.5, 0.6) is 0 Å². The van der Waals surface area contributed by atoms with Gasteiger partial charge in [-0.15, -0.1) is 0 Å². The van der Waals surface area contributed by atoms with Crippen molar-refractivity contribution in [1.82, 2.24) is 14.5 Å². The fraction of sp³-hybridized carbons (Fsp3) is 0.303. The fourth-order valence-electron chi connectivity index (χ4n) is 6.05. The van der Waals surface area contributed by atoms with Gasteiger partial charge in [-0.3, -0.25) is 14.6 Å². The third kappa shape index (κ3) is 5.11. The molecule has 0 spiro atoms. The van der Waals surface area contributed by atoms with Gasteiger partial charge in [0.05, 0.1) is 13.1 Å². The summed E-state index contributed by atoms with van der Waals surface area (Å²) in [7, 11) is 1.81. The maximum Gasteiger partial charge on any atom is 0.270 e. The molecule has 0 saturated heterocycles. The van der Waals surface area contributed by atoms with E-state index >= 15 is 0 Å². The summed E-state index contributed by atoms with van der Waals surface area (Å²) in [5, 5.41) is 0. The lowest BCUT2D eigenvalue weighted by atomic mass is 9.84. The van der Waals surface area contributed by atoms with Gasteiger partial charge >= 0.3 is 0 Å². The molecular formula is C33H34N4O2. The van der Waals surface area contributed by atoms with Gasteiger partial charge in [-0.1, -0.05) is 55.7 Å². The molecule has 6 heteroatoms. The van der Waals surface area contributed by atoms with E-state index < -0.39 is 0 Å². The van der Waals surface area contributed by atoms with Crippen molar-refractivity contribution >= 4 is 17.5 Å². The smallest absolute Gasteiger partial charge is 0.270 e. The number of pyridine rings is 1. The normalized spacial score (nSPS) is 15.3. The van der Waals surface area contributed by atoms with Gasteiger partial charge in [-0.05, 0) is 71.8 Å². The maximum atomic E-state index is 13.9. The molecule has 0 radical (unpaired) electrons. The number of rotatable bonds is 5. The van der Waals surface area contributed by atoms with Crippen LogP contribution in [0.1, 0.15) is 81.3 Å². The summed E-state index contributed by atoms with van der Waals surface area (Å²) in [6.07, 6.45) is 9.90. The van der Waals surface area contributed by atoms with Crippen molar-refractivity contribution in [2.45, 2.75) is 57.7 Å². The molecule has 2 aliphatic rings. The molecule has 2 aromatic heterocycles. The van der Waals surface area contributed by atoms with Crippen LogP contribution in [0.2, 0.25) is 0 Å². The van der Waals surface area contributed by atoms with Crippen LogP contribution < -0.4 is 4.90 Å². The van der Waals surface area contributed by atoms with Crippen LogP contribution >= 0.6 is 0 Å². The van der Waals surface area contributed by atoms with Gasteiger partial charge in [-0.25, -0.2) is 0 Å². The number of carbonyl (C=O) groups is 2. The number of hydrogen-bond acceptors (Lipinski definition) is 3. The summed E-state index contributed by atoms with van der Waals surface area (Å²) in [6, 6.07) is 24.0. The third-order valence-corrected chi connectivity index (χ3v) is 8.19. The Morgan fingerprint density at radius 2 is 1.69 bits per heavy atom. The molecule has 0 N–H and O–H groups in total. The lowest BCUT2D eigenvalue weighted by molar-refractivity contribution is 0.0774. The Bertz CT molecular complexity index is 1470. The zero-order chi connectivity index (χ0) is 26.8. The minimum Gasteiger partial charge on any atom is -0.336 e. The number of nitrogens with zero attached hydrogens (tertiary/aromatic N) is 4. The number of amides is 2. The van der Waals surface area contributed by atoms with E-state index in [4.69, 9.17) is 0 Å². The second-order valence-electron chi connectivity index (χ2n) is 10.8. The van der Waals surface area contributed by atoms with Crippen molar-refractivity contribution < 1.29 is 9.59 Å². The maximum absolute atomic E-state index is 13.9. The topological polar surface area (TPSA) is 58.4 Å². The van der Waals surface area contributed by atoms with Gasteiger partial charge in [0, 0.05) is 42.9 Å². The summed E-state index contributed by atoms with van der Waals surface area (Å²) in [5.74, 6) is 0.534. The Hall–Kier alpha value is -4.19.